The average molecular weight is 263 g/mol. The molecule has 0 bridgehead atoms. The van der Waals surface area contributed by atoms with E-state index >= 15 is 0 Å². The number of pyridine rings is 1. The summed E-state index contributed by atoms with van der Waals surface area (Å²) in [5.74, 6) is 0.0818. The summed E-state index contributed by atoms with van der Waals surface area (Å²) in [7, 11) is 0. The van der Waals surface area contributed by atoms with Crippen molar-refractivity contribution in [2.75, 3.05) is 32.8 Å². The molecule has 0 aromatic carbocycles. The van der Waals surface area contributed by atoms with E-state index in [1.165, 1.54) is 0 Å². The first-order valence-electron chi connectivity index (χ1n) is 6.72. The predicted molar refractivity (Wildman–Crippen MR) is 72.8 cm³/mol. The molecule has 19 heavy (non-hydrogen) atoms. The van der Waals surface area contributed by atoms with Gasteiger partial charge in [0, 0.05) is 31.5 Å². The number of hydrogen-bond acceptors (Lipinski definition) is 4. The fourth-order valence-corrected chi connectivity index (χ4v) is 2.21. The molecule has 5 nitrogen and oxygen atoms in total. The van der Waals surface area contributed by atoms with Crippen LogP contribution in [0.3, 0.4) is 0 Å². The molecule has 1 atom stereocenters. The lowest BCUT2D eigenvalue weighted by Crippen LogP contribution is -2.45. The molecule has 0 aliphatic carbocycles. The van der Waals surface area contributed by atoms with Crippen LogP contribution in [0.1, 0.15) is 12.5 Å². The summed E-state index contributed by atoms with van der Waals surface area (Å²) in [6, 6.07) is 4.06. The molecule has 1 saturated heterocycles. The molecule has 104 valence electrons. The summed E-state index contributed by atoms with van der Waals surface area (Å²) in [6.07, 6.45) is 4.40. The van der Waals surface area contributed by atoms with Gasteiger partial charge in [0.1, 0.15) is 0 Å². The maximum absolute atomic E-state index is 11.9. The lowest BCUT2D eigenvalue weighted by molar-refractivity contribution is -0.123. The first-order valence-corrected chi connectivity index (χ1v) is 6.72. The van der Waals surface area contributed by atoms with E-state index in [-0.39, 0.29) is 11.9 Å². The van der Waals surface area contributed by atoms with Crippen LogP contribution in [0.15, 0.2) is 24.5 Å². The molecule has 1 aromatic rings. The molecule has 0 radical (unpaired) electrons. The van der Waals surface area contributed by atoms with Gasteiger partial charge in [0.2, 0.25) is 5.91 Å². The van der Waals surface area contributed by atoms with Crippen LogP contribution in [0, 0.1) is 0 Å². The largest absolute Gasteiger partial charge is 0.379 e. The highest BCUT2D eigenvalue weighted by Gasteiger charge is 2.15. The fraction of sp³-hybridized carbons (Fsp3) is 0.571. The SMILES string of the molecule is C[C@H](Cc1cccnc1)NC(=O)CN1CCOCC1. The monoisotopic (exact) mass is 263 g/mol. The average Bonchev–Trinajstić information content (AvgIpc) is 2.40. The minimum atomic E-state index is 0.0818. The molecular formula is C14H21N3O2. The third-order valence-electron chi connectivity index (χ3n) is 3.14. The van der Waals surface area contributed by atoms with E-state index in [1.807, 2.05) is 25.3 Å². The topological polar surface area (TPSA) is 54.5 Å². The van der Waals surface area contributed by atoms with Gasteiger partial charge in [-0.1, -0.05) is 6.07 Å². The second kappa shape index (κ2) is 7.21. The molecule has 1 aliphatic heterocycles. The van der Waals surface area contributed by atoms with Crippen LogP contribution in [0.5, 0.6) is 0 Å². The van der Waals surface area contributed by atoms with Crippen LogP contribution in [0.2, 0.25) is 0 Å². The zero-order chi connectivity index (χ0) is 13.5. The quantitative estimate of drug-likeness (QED) is 0.838. The maximum Gasteiger partial charge on any atom is 0.234 e. The first kappa shape index (κ1) is 14.0. The van der Waals surface area contributed by atoms with E-state index in [1.54, 1.807) is 6.20 Å². The van der Waals surface area contributed by atoms with Crippen molar-refractivity contribution in [3.63, 3.8) is 0 Å². The Morgan fingerprint density at radius 3 is 3.00 bits per heavy atom. The van der Waals surface area contributed by atoms with Crippen LogP contribution in [-0.4, -0.2) is 54.7 Å². The minimum Gasteiger partial charge on any atom is -0.379 e. The number of amides is 1. The van der Waals surface area contributed by atoms with Gasteiger partial charge in [-0.05, 0) is 25.0 Å². The highest BCUT2D eigenvalue weighted by molar-refractivity contribution is 5.78. The van der Waals surface area contributed by atoms with Gasteiger partial charge in [-0.3, -0.25) is 14.7 Å². The number of ether oxygens (including phenoxy) is 1. The van der Waals surface area contributed by atoms with Crippen LogP contribution in [-0.2, 0) is 16.0 Å². The maximum atomic E-state index is 11.9. The highest BCUT2D eigenvalue weighted by atomic mass is 16.5. The van der Waals surface area contributed by atoms with Crippen molar-refractivity contribution in [2.24, 2.45) is 0 Å². The Balaban J connectivity index is 1.72. The number of carbonyl (C=O) groups is 1. The molecule has 1 amide bonds. The Kier molecular flexibility index (Phi) is 5.30. The van der Waals surface area contributed by atoms with Crippen molar-refractivity contribution in [1.29, 1.82) is 0 Å². The highest BCUT2D eigenvalue weighted by Crippen LogP contribution is 2.01. The van der Waals surface area contributed by atoms with Gasteiger partial charge < -0.3 is 10.1 Å². The van der Waals surface area contributed by atoms with Crippen LogP contribution in [0.25, 0.3) is 0 Å². The Labute approximate surface area is 114 Å². The molecule has 2 heterocycles. The number of carbonyl (C=O) groups excluding carboxylic acids is 1. The summed E-state index contributed by atoms with van der Waals surface area (Å²) < 4.78 is 5.26. The second-order valence-electron chi connectivity index (χ2n) is 4.92. The van der Waals surface area contributed by atoms with E-state index in [2.05, 4.69) is 15.2 Å². The molecule has 0 spiro atoms. The molecule has 1 fully saturated rings. The van der Waals surface area contributed by atoms with E-state index < -0.39 is 0 Å². The fourth-order valence-electron chi connectivity index (χ4n) is 2.21. The Bertz CT molecular complexity index is 391. The van der Waals surface area contributed by atoms with Crippen molar-refractivity contribution in [2.45, 2.75) is 19.4 Å². The Morgan fingerprint density at radius 1 is 1.53 bits per heavy atom. The van der Waals surface area contributed by atoms with Crippen LogP contribution < -0.4 is 5.32 Å². The second-order valence-corrected chi connectivity index (χ2v) is 4.92. The smallest absolute Gasteiger partial charge is 0.234 e. The van der Waals surface area contributed by atoms with Gasteiger partial charge in [0.15, 0.2) is 0 Å². The molecule has 0 unspecified atom stereocenters. The van der Waals surface area contributed by atoms with Gasteiger partial charge in [0.05, 0.1) is 19.8 Å². The number of nitrogens with one attached hydrogen (secondary N) is 1. The molecular weight excluding hydrogens is 242 g/mol. The van der Waals surface area contributed by atoms with Gasteiger partial charge >= 0.3 is 0 Å². The van der Waals surface area contributed by atoms with Crippen molar-refractivity contribution < 1.29 is 9.53 Å². The summed E-state index contributed by atoms with van der Waals surface area (Å²) >= 11 is 0. The molecule has 1 aliphatic rings. The Morgan fingerprint density at radius 2 is 2.32 bits per heavy atom. The number of rotatable bonds is 5. The van der Waals surface area contributed by atoms with Gasteiger partial charge in [-0.15, -0.1) is 0 Å². The van der Waals surface area contributed by atoms with Crippen molar-refractivity contribution in [3.8, 4) is 0 Å². The van der Waals surface area contributed by atoms with Crippen molar-refractivity contribution >= 4 is 5.91 Å². The summed E-state index contributed by atoms with van der Waals surface area (Å²) in [5.41, 5.74) is 1.14. The normalized spacial score (nSPS) is 17.9. The third kappa shape index (κ3) is 4.96. The lowest BCUT2D eigenvalue weighted by atomic mass is 10.1. The zero-order valence-electron chi connectivity index (χ0n) is 11.3. The van der Waals surface area contributed by atoms with E-state index in [0.29, 0.717) is 6.54 Å². The van der Waals surface area contributed by atoms with Crippen molar-refractivity contribution in [3.05, 3.63) is 30.1 Å². The standard InChI is InChI=1S/C14H21N3O2/c1-12(9-13-3-2-4-15-10-13)16-14(18)11-17-5-7-19-8-6-17/h2-4,10,12H,5-9,11H2,1H3,(H,16,18)/t12-/m1/s1. The van der Waals surface area contributed by atoms with Crippen molar-refractivity contribution in [1.82, 2.24) is 15.2 Å². The predicted octanol–water partition coefficient (Wildman–Crippen LogP) is 0.461. The lowest BCUT2D eigenvalue weighted by Gasteiger charge is -2.26. The van der Waals surface area contributed by atoms with Gasteiger partial charge in [-0.25, -0.2) is 0 Å². The minimum absolute atomic E-state index is 0.0818. The van der Waals surface area contributed by atoms with Crippen LogP contribution >= 0.6 is 0 Å². The molecule has 2 rings (SSSR count). The third-order valence-corrected chi connectivity index (χ3v) is 3.14. The van der Waals surface area contributed by atoms with E-state index in [0.717, 1.165) is 38.3 Å². The Hall–Kier alpha value is -1.46. The summed E-state index contributed by atoms with van der Waals surface area (Å²) in [4.78, 5) is 18.1. The van der Waals surface area contributed by atoms with Gasteiger partial charge in [-0.2, -0.15) is 0 Å². The van der Waals surface area contributed by atoms with Gasteiger partial charge in [0.25, 0.3) is 0 Å². The number of nitrogens with zero attached hydrogens (tertiary/aromatic N) is 2. The summed E-state index contributed by atoms with van der Waals surface area (Å²) in [6.45, 7) is 5.59. The first-order chi connectivity index (χ1) is 9.24. The molecule has 1 aromatic heterocycles. The molecule has 1 N–H and O–H groups in total. The zero-order valence-corrected chi connectivity index (χ0v) is 11.3. The number of hydrogen-bond donors (Lipinski definition) is 1. The summed E-state index contributed by atoms with van der Waals surface area (Å²) in [5, 5.41) is 3.03. The van der Waals surface area contributed by atoms with E-state index in [4.69, 9.17) is 4.74 Å². The molecule has 5 heteroatoms. The number of morpholine rings is 1. The molecule has 0 saturated carbocycles. The number of aromatic nitrogens is 1. The van der Waals surface area contributed by atoms with Crippen LogP contribution in [0.4, 0.5) is 0 Å². The van der Waals surface area contributed by atoms with E-state index in [9.17, 15) is 4.79 Å².